The zero-order valence-corrected chi connectivity index (χ0v) is 18.1. The maximum atomic E-state index is 5.51. The fourth-order valence-corrected chi connectivity index (χ4v) is 6.52. The molecular weight excluding hydrogens is 392 g/mol. The summed E-state index contributed by atoms with van der Waals surface area (Å²) in [5.41, 5.74) is 4.42. The van der Waals surface area contributed by atoms with Gasteiger partial charge in [-0.2, -0.15) is 0 Å². The van der Waals surface area contributed by atoms with Crippen LogP contribution in [0.3, 0.4) is 0 Å². The molecule has 6 rings (SSSR count). The smallest absolute Gasteiger partial charge is 0.146 e. The van der Waals surface area contributed by atoms with Crippen molar-refractivity contribution in [1.82, 2.24) is 14.9 Å². The first kappa shape index (κ1) is 18.7. The second kappa shape index (κ2) is 7.91. The molecule has 5 nitrogen and oxygen atoms in total. The summed E-state index contributed by atoms with van der Waals surface area (Å²) in [6.07, 6.45) is 7.19. The maximum Gasteiger partial charge on any atom is 0.146 e. The van der Waals surface area contributed by atoms with E-state index in [9.17, 15) is 0 Å². The van der Waals surface area contributed by atoms with E-state index in [4.69, 9.17) is 14.7 Å². The van der Waals surface area contributed by atoms with Crippen molar-refractivity contribution >= 4 is 27.4 Å². The number of nitrogens with zero attached hydrogens (tertiary/aromatic N) is 3. The number of nitrogens with one attached hydrogen (secondary N) is 1. The number of rotatable bonds is 4. The minimum atomic E-state index is 0.334. The topological polar surface area (TPSA) is 50.3 Å². The van der Waals surface area contributed by atoms with E-state index in [-0.39, 0.29) is 0 Å². The van der Waals surface area contributed by atoms with Gasteiger partial charge in [-0.3, -0.25) is 4.90 Å². The Hall–Kier alpha value is -2.02. The van der Waals surface area contributed by atoms with Crippen molar-refractivity contribution < 1.29 is 4.74 Å². The summed E-state index contributed by atoms with van der Waals surface area (Å²) in [6, 6.07) is 9.24. The first-order valence-corrected chi connectivity index (χ1v) is 12.1. The van der Waals surface area contributed by atoms with Gasteiger partial charge in [-0.25, -0.2) is 9.97 Å². The Kier molecular flexibility index (Phi) is 4.94. The zero-order valence-electron chi connectivity index (χ0n) is 17.3. The highest BCUT2D eigenvalue weighted by atomic mass is 32.1. The van der Waals surface area contributed by atoms with E-state index in [0.717, 1.165) is 57.3 Å². The van der Waals surface area contributed by atoms with E-state index in [1.54, 1.807) is 0 Å². The van der Waals surface area contributed by atoms with Gasteiger partial charge in [0.15, 0.2) is 0 Å². The predicted molar refractivity (Wildman–Crippen MR) is 121 cm³/mol. The lowest BCUT2D eigenvalue weighted by atomic mass is 9.87. The van der Waals surface area contributed by atoms with Gasteiger partial charge in [0.05, 0.1) is 31.2 Å². The highest BCUT2D eigenvalue weighted by Crippen LogP contribution is 2.41. The molecule has 0 saturated carbocycles. The Morgan fingerprint density at radius 1 is 1.07 bits per heavy atom. The van der Waals surface area contributed by atoms with Crippen LogP contribution in [-0.2, 0) is 30.5 Å². The van der Waals surface area contributed by atoms with E-state index in [0.29, 0.717) is 6.04 Å². The molecule has 0 bridgehead atoms. The molecule has 1 saturated heterocycles. The first-order chi connectivity index (χ1) is 14.8. The Morgan fingerprint density at radius 3 is 2.90 bits per heavy atom. The third-order valence-corrected chi connectivity index (χ3v) is 7.95. The van der Waals surface area contributed by atoms with Crippen LogP contribution in [0, 0.1) is 0 Å². The van der Waals surface area contributed by atoms with Gasteiger partial charge in [-0.15, -0.1) is 11.3 Å². The number of anilines is 1. The largest absolute Gasteiger partial charge is 0.379 e. The molecule has 1 atom stereocenters. The maximum absolute atomic E-state index is 5.51. The monoisotopic (exact) mass is 420 g/mol. The van der Waals surface area contributed by atoms with Gasteiger partial charge < -0.3 is 10.1 Å². The third-order valence-electron chi connectivity index (χ3n) is 6.76. The molecule has 3 heterocycles. The van der Waals surface area contributed by atoms with Crippen LogP contribution in [0.1, 0.15) is 52.7 Å². The van der Waals surface area contributed by atoms with Crippen molar-refractivity contribution in [2.75, 3.05) is 31.6 Å². The summed E-state index contributed by atoms with van der Waals surface area (Å²) in [4.78, 5) is 15.2. The molecule has 0 spiro atoms. The molecule has 0 amide bonds. The number of ether oxygens (including phenoxy) is 1. The van der Waals surface area contributed by atoms with E-state index in [2.05, 4.69) is 34.5 Å². The van der Waals surface area contributed by atoms with Crippen LogP contribution < -0.4 is 5.32 Å². The van der Waals surface area contributed by atoms with Crippen LogP contribution in [0.25, 0.3) is 10.2 Å². The SMILES string of the molecule is c1ccc2c(c1)CCC[C@H]2Nc1nc(CN2CCOCC2)nc2sc3c(c12)CCC3. The summed E-state index contributed by atoms with van der Waals surface area (Å²) in [5, 5.41) is 5.18. The fourth-order valence-electron chi connectivity index (χ4n) is 5.24. The van der Waals surface area contributed by atoms with Gasteiger partial charge in [0.2, 0.25) is 0 Å². The lowest BCUT2D eigenvalue weighted by Crippen LogP contribution is -2.36. The number of benzene rings is 1. The van der Waals surface area contributed by atoms with Gasteiger partial charge in [0.25, 0.3) is 0 Å². The highest BCUT2D eigenvalue weighted by molar-refractivity contribution is 7.19. The van der Waals surface area contributed by atoms with Crippen LogP contribution in [0.5, 0.6) is 0 Å². The third kappa shape index (κ3) is 3.41. The molecular formula is C24H28N4OS. The lowest BCUT2D eigenvalue weighted by molar-refractivity contribution is 0.0331. The summed E-state index contributed by atoms with van der Waals surface area (Å²) in [7, 11) is 0. The minimum Gasteiger partial charge on any atom is -0.379 e. The highest BCUT2D eigenvalue weighted by Gasteiger charge is 2.26. The molecule has 0 unspecified atom stereocenters. The average molecular weight is 421 g/mol. The number of hydrogen-bond acceptors (Lipinski definition) is 6. The number of thiophene rings is 1. The van der Waals surface area contributed by atoms with Crippen molar-refractivity contribution in [1.29, 1.82) is 0 Å². The molecule has 156 valence electrons. The Labute approximate surface area is 181 Å². The fraction of sp³-hybridized carbons (Fsp3) is 0.500. The molecule has 0 radical (unpaired) electrons. The molecule has 3 aromatic rings. The van der Waals surface area contributed by atoms with Crippen molar-refractivity contribution in [3.05, 3.63) is 51.7 Å². The second-order valence-corrected chi connectivity index (χ2v) is 9.79. The molecule has 6 heteroatoms. The quantitative estimate of drug-likeness (QED) is 0.673. The lowest BCUT2D eigenvalue weighted by Gasteiger charge is -2.28. The van der Waals surface area contributed by atoms with Gasteiger partial charge >= 0.3 is 0 Å². The minimum absolute atomic E-state index is 0.334. The standard InChI is InChI=1S/C24H28N4OS/c1-2-7-17-16(5-1)6-3-9-19(17)25-23-22-18-8-4-10-20(18)30-24(22)27-21(26-23)15-28-11-13-29-14-12-28/h1-2,5,7,19H,3-4,6,8-15H2,(H,25,26,27)/t19-/m1/s1. The van der Waals surface area contributed by atoms with Crippen molar-refractivity contribution in [2.45, 2.75) is 51.1 Å². The van der Waals surface area contributed by atoms with Crippen LogP contribution >= 0.6 is 11.3 Å². The van der Waals surface area contributed by atoms with Crippen LogP contribution in [-0.4, -0.2) is 41.2 Å². The molecule has 2 aromatic heterocycles. The van der Waals surface area contributed by atoms with Crippen LogP contribution in [0.15, 0.2) is 24.3 Å². The number of morpholine rings is 1. The summed E-state index contributed by atoms with van der Waals surface area (Å²) in [5.74, 6) is 2.00. The number of fused-ring (bicyclic) bond motifs is 4. The van der Waals surface area contributed by atoms with Crippen molar-refractivity contribution in [3.63, 3.8) is 0 Å². The normalized spacial score (nSPS) is 21.5. The molecule has 2 aliphatic carbocycles. The van der Waals surface area contributed by atoms with Crippen molar-refractivity contribution in [2.24, 2.45) is 0 Å². The average Bonchev–Trinajstić information content (AvgIpc) is 3.36. The Balaban J connectivity index is 1.39. The summed E-state index contributed by atoms with van der Waals surface area (Å²) < 4.78 is 5.51. The van der Waals surface area contributed by atoms with Crippen LogP contribution in [0.2, 0.25) is 0 Å². The van der Waals surface area contributed by atoms with E-state index < -0.39 is 0 Å². The van der Waals surface area contributed by atoms with E-state index in [1.165, 1.54) is 57.5 Å². The molecule has 1 aliphatic heterocycles. The predicted octanol–water partition coefficient (Wildman–Crippen LogP) is 4.50. The molecule has 1 fully saturated rings. The molecule has 30 heavy (non-hydrogen) atoms. The van der Waals surface area contributed by atoms with Crippen LogP contribution in [0.4, 0.5) is 5.82 Å². The zero-order chi connectivity index (χ0) is 19.9. The summed E-state index contributed by atoms with van der Waals surface area (Å²) in [6.45, 7) is 4.33. The number of hydrogen-bond donors (Lipinski definition) is 1. The van der Waals surface area contributed by atoms with Crippen molar-refractivity contribution in [3.8, 4) is 0 Å². The second-order valence-electron chi connectivity index (χ2n) is 8.70. The van der Waals surface area contributed by atoms with Gasteiger partial charge in [-0.05, 0) is 55.2 Å². The molecule has 1 aromatic carbocycles. The van der Waals surface area contributed by atoms with Gasteiger partial charge in [-0.1, -0.05) is 24.3 Å². The number of aryl methyl sites for hydroxylation is 3. The van der Waals surface area contributed by atoms with E-state index >= 15 is 0 Å². The number of aromatic nitrogens is 2. The van der Waals surface area contributed by atoms with E-state index in [1.807, 2.05) is 11.3 Å². The Morgan fingerprint density at radius 2 is 1.97 bits per heavy atom. The van der Waals surface area contributed by atoms with Gasteiger partial charge in [0, 0.05) is 18.0 Å². The molecule has 3 aliphatic rings. The first-order valence-electron chi connectivity index (χ1n) is 11.3. The van der Waals surface area contributed by atoms with Gasteiger partial charge in [0.1, 0.15) is 16.5 Å². The summed E-state index contributed by atoms with van der Waals surface area (Å²) >= 11 is 1.89. The molecule has 1 N–H and O–H groups in total. The Bertz CT molecular complexity index is 1070.